The lowest BCUT2D eigenvalue weighted by atomic mass is 10.1. The Labute approximate surface area is 219 Å². The fourth-order valence-corrected chi connectivity index (χ4v) is 4.81. The van der Waals surface area contributed by atoms with Gasteiger partial charge in [-0.1, -0.05) is 42.5 Å². The van der Waals surface area contributed by atoms with Crippen LogP contribution in [0.3, 0.4) is 0 Å². The van der Waals surface area contributed by atoms with Gasteiger partial charge >= 0.3 is 0 Å². The molecule has 1 unspecified atom stereocenters. The van der Waals surface area contributed by atoms with E-state index in [2.05, 4.69) is 21.9 Å². The highest BCUT2D eigenvalue weighted by Gasteiger charge is 2.28. The normalized spacial score (nSPS) is 15.4. The molecule has 0 radical (unpaired) electrons. The zero-order valence-electron chi connectivity index (χ0n) is 21.0. The number of benzene rings is 2. The Kier molecular flexibility index (Phi) is 6.87. The number of carbonyl (C=O) groups excluding carboxylic acids is 2. The van der Waals surface area contributed by atoms with Gasteiger partial charge in [0, 0.05) is 25.2 Å². The van der Waals surface area contributed by atoms with Gasteiger partial charge in [0.1, 0.15) is 23.7 Å². The van der Waals surface area contributed by atoms with Crippen molar-refractivity contribution in [1.29, 1.82) is 0 Å². The van der Waals surface area contributed by atoms with E-state index in [-0.39, 0.29) is 24.1 Å². The highest BCUT2D eigenvalue weighted by Crippen LogP contribution is 2.33. The minimum absolute atomic E-state index is 0.0187. The fraction of sp³-hybridized carbons (Fsp3) is 0.250. The number of carbonyl (C=O) groups is 2. The van der Waals surface area contributed by atoms with Crippen molar-refractivity contribution in [1.82, 2.24) is 30.0 Å². The summed E-state index contributed by atoms with van der Waals surface area (Å²) >= 11 is 0. The molecule has 1 atom stereocenters. The molecule has 2 amide bonds. The second-order valence-corrected chi connectivity index (χ2v) is 9.40. The van der Waals surface area contributed by atoms with Crippen LogP contribution < -0.4 is 11.1 Å². The van der Waals surface area contributed by atoms with Crippen molar-refractivity contribution < 1.29 is 14.0 Å². The number of rotatable bonds is 6. The Morgan fingerprint density at radius 2 is 2.00 bits per heavy atom. The molecule has 0 aliphatic carbocycles. The predicted octanol–water partition coefficient (Wildman–Crippen LogP) is 3.80. The molecule has 2 aromatic heterocycles. The van der Waals surface area contributed by atoms with E-state index < -0.39 is 11.7 Å². The molecule has 2 aromatic carbocycles. The van der Waals surface area contributed by atoms with E-state index in [4.69, 9.17) is 10.8 Å². The number of nitrogens with two attached hydrogens (primary N) is 1. The molecule has 0 saturated carbocycles. The minimum Gasteiger partial charge on any atom is -0.383 e. The number of aromatic nitrogens is 4. The van der Waals surface area contributed by atoms with E-state index in [1.807, 2.05) is 35.9 Å². The van der Waals surface area contributed by atoms with Crippen molar-refractivity contribution in [2.24, 2.45) is 0 Å². The zero-order valence-corrected chi connectivity index (χ0v) is 21.0. The van der Waals surface area contributed by atoms with E-state index >= 15 is 0 Å². The van der Waals surface area contributed by atoms with E-state index in [1.165, 1.54) is 24.5 Å². The summed E-state index contributed by atoms with van der Waals surface area (Å²) in [5, 5.41) is 8.30. The summed E-state index contributed by atoms with van der Waals surface area (Å²) in [6.07, 6.45) is 4.43. The lowest BCUT2D eigenvalue weighted by Crippen LogP contribution is -2.40. The summed E-state index contributed by atoms with van der Waals surface area (Å²) in [6, 6.07) is 11.9. The van der Waals surface area contributed by atoms with Gasteiger partial charge in [0.15, 0.2) is 5.65 Å². The number of aryl methyl sites for hydroxylation is 1. The molecule has 1 aliphatic rings. The van der Waals surface area contributed by atoms with Crippen LogP contribution in [0.15, 0.2) is 61.4 Å². The number of amides is 2. The van der Waals surface area contributed by atoms with Gasteiger partial charge in [0.2, 0.25) is 5.91 Å². The maximum atomic E-state index is 14.0. The van der Waals surface area contributed by atoms with Gasteiger partial charge in [-0.05, 0) is 43.5 Å². The second-order valence-electron chi connectivity index (χ2n) is 9.40. The van der Waals surface area contributed by atoms with E-state index in [0.29, 0.717) is 35.6 Å². The van der Waals surface area contributed by atoms with Crippen molar-refractivity contribution in [3.63, 3.8) is 0 Å². The molecule has 3 heterocycles. The molecule has 1 aliphatic heterocycles. The first-order valence-corrected chi connectivity index (χ1v) is 12.4. The van der Waals surface area contributed by atoms with Gasteiger partial charge in [-0.3, -0.25) is 9.59 Å². The third kappa shape index (κ3) is 4.84. The zero-order chi connectivity index (χ0) is 26.8. The van der Waals surface area contributed by atoms with E-state index in [9.17, 15) is 14.0 Å². The smallest absolute Gasteiger partial charge is 0.254 e. The fourth-order valence-electron chi connectivity index (χ4n) is 4.81. The summed E-state index contributed by atoms with van der Waals surface area (Å²) in [5.41, 5.74) is 10.00. The van der Waals surface area contributed by atoms with Gasteiger partial charge < -0.3 is 16.0 Å². The summed E-state index contributed by atoms with van der Waals surface area (Å²) in [6.45, 7) is 6.83. The maximum Gasteiger partial charge on any atom is 0.254 e. The van der Waals surface area contributed by atoms with Gasteiger partial charge in [0.05, 0.1) is 17.0 Å². The summed E-state index contributed by atoms with van der Waals surface area (Å²) < 4.78 is 15.9. The van der Waals surface area contributed by atoms with Crippen LogP contribution in [0.4, 0.5) is 10.2 Å². The molecule has 194 valence electrons. The summed E-state index contributed by atoms with van der Waals surface area (Å²) in [5.74, 6) is -0.807. The number of hydrogen-bond donors (Lipinski definition) is 2. The monoisotopic (exact) mass is 513 g/mol. The van der Waals surface area contributed by atoms with Crippen LogP contribution in [-0.2, 0) is 11.3 Å². The van der Waals surface area contributed by atoms with E-state index in [0.717, 1.165) is 29.5 Å². The SMILES string of the molecule is C=CC(=O)N1CCCC(n2nc(-c3ccc(CNC(=O)c4cc(C)ccc4F)cc3)c3c(N)ncnc32)C1. The van der Waals surface area contributed by atoms with Gasteiger partial charge in [-0.2, -0.15) is 5.10 Å². The topological polar surface area (TPSA) is 119 Å². The Balaban J connectivity index is 1.39. The largest absolute Gasteiger partial charge is 0.383 e. The van der Waals surface area contributed by atoms with Gasteiger partial charge in [-0.25, -0.2) is 19.0 Å². The van der Waals surface area contributed by atoms with Crippen molar-refractivity contribution in [3.05, 3.63) is 84.0 Å². The molecule has 5 rings (SSSR count). The third-order valence-corrected chi connectivity index (χ3v) is 6.79. The molecule has 0 spiro atoms. The quantitative estimate of drug-likeness (QED) is 0.379. The molecule has 4 aromatic rings. The third-order valence-electron chi connectivity index (χ3n) is 6.79. The van der Waals surface area contributed by atoms with Crippen LogP contribution >= 0.6 is 0 Å². The van der Waals surface area contributed by atoms with Crippen molar-refractivity contribution in [2.75, 3.05) is 18.8 Å². The molecular formula is C28H28FN7O2. The number of fused-ring (bicyclic) bond motifs is 1. The molecule has 38 heavy (non-hydrogen) atoms. The molecular weight excluding hydrogens is 485 g/mol. The van der Waals surface area contributed by atoms with Gasteiger partial charge in [-0.15, -0.1) is 0 Å². The number of nitrogens with one attached hydrogen (secondary N) is 1. The van der Waals surface area contributed by atoms with Gasteiger partial charge in [0.25, 0.3) is 5.91 Å². The Morgan fingerprint density at radius 3 is 2.76 bits per heavy atom. The van der Waals surface area contributed by atoms with Crippen LogP contribution in [0.5, 0.6) is 0 Å². The Hall–Kier alpha value is -4.60. The number of hydrogen-bond acceptors (Lipinski definition) is 6. The lowest BCUT2D eigenvalue weighted by molar-refractivity contribution is -0.127. The standard InChI is InChI=1S/C28H28FN7O2/c1-3-23(37)35-12-4-5-20(15-35)36-27-24(26(30)32-16-33-27)25(34-36)19-9-7-18(8-10-19)14-31-28(38)21-13-17(2)6-11-22(21)29/h3,6-11,13,16,20H,1,4-5,12,14-15H2,2H3,(H,31,38)(H2,30,32,33). The first-order chi connectivity index (χ1) is 18.4. The summed E-state index contributed by atoms with van der Waals surface area (Å²) in [7, 11) is 0. The molecule has 9 nitrogen and oxygen atoms in total. The Morgan fingerprint density at radius 1 is 1.21 bits per heavy atom. The second kappa shape index (κ2) is 10.4. The molecule has 3 N–H and O–H groups in total. The average Bonchev–Trinajstić information content (AvgIpc) is 3.34. The highest BCUT2D eigenvalue weighted by atomic mass is 19.1. The molecule has 1 saturated heterocycles. The first-order valence-electron chi connectivity index (χ1n) is 12.4. The van der Waals surface area contributed by atoms with Crippen LogP contribution in [0.2, 0.25) is 0 Å². The van der Waals surface area contributed by atoms with Crippen LogP contribution in [0.1, 0.15) is 40.4 Å². The molecule has 1 fully saturated rings. The summed E-state index contributed by atoms with van der Waals surface area (Å²) in [4.78, 5) is 35.1. The number of anilines is 1. The number of piperidine rings is 1. The molecule has 10 heteroatoms. The van der Waals surface area contributed by atoms with Crippen molar-refractivity contribution >= 4 is 28.7 Å². The number of nitrogens with zero attached hydrogens (tertiary/aromatic N) is 5. The number of nitrogen functional groups attached to an aromatic ring is 1. The predicted molar refractivity (Wildman–Crippen MR) is 143 cm³/mol. The minimum atomic E-state index is -0.555. The molecule has 0 bridgehead atoms. The lowest BCUT2D eigenvalue weighted by Gasteiger charge is -2.32. The van der Waals surface area contributed by atoms with Crippen LogP contribution in [0, 0.1) is 12.7 Å². The van der Waals surface area contributed by atoms with Crippen LogP contribution in [0.25, 0.3) is 22.3 Å². The highest BCUT2D eigenvalue weighted by molar-refractivity contribution is 5.98. The van der Waals surface area contributed by atoms with Crippen molar-refractivity contribution in [2.45, 2.75) is 32.4 Å². The van der Waals surface area contributed by atoms with E-state index in [1.54, 1.807) is 11.0 Å². The number of halogens is 1. The Bertz CT molecular complexity index is 1530. The van der Waals surface area contributed by atoms with Crippen LogP contribution in [-0.4, -0.2) is 49.6 Å². The van der Waals surface area contributed by atoms with Crippen molar-refractivity contribution in [3.8, 4) is 11.3 Å². The maximum absolute atomic E-state index is 14.0. The average molecular weight is 514 g/mol. The first kappa shape index (κ1) is 25.1. The number of likely N-dealkylation sites (tertiary alicyclic amines) is 1.